The van der Waals surface area contributed by atoms with E-state index >= 15 is 0 Å². The Morgan fingerprint density at radius 1 is 0.714 bits per heavy atom. The van der Waals surface area contributed by atoms with Crippen LogP contribution in [0.1, 0.15) is 34.1 Å². The van der Waals surface area contributed by atoms with Crippen molar-refractivity contribution in [1.29, 1.82) is 0 Å². The molecule has 0 bridgehead atoms. The molecule has 0 saturated heterocycles. The van der Waals surface area contributed by atoms with Gasteiger partial charge in [-0.2, -0.15) is 0 Å². The molecule has 0 aromatic heterocycles. The van der Waals surface area contributed by atoms with Crippen LogP contribution in [0.2, 0.25) is 0 Å². The minimum atomic E-state index is -0.198. The minimum absolute atomic E-state index is 0.0230. The lowest BCUT2D eigenvalue weighted by molar-refractivity contribution is -0.105. The first-order chi connectivity index (χ1) is 9.92. The summed E-state index contributed by atoms with van der Waals surface area (Å²) in [6, 6.07) is 0. The van der Waals surface area contributed by atoms with Gasteiger partial charge < -0.3 is 31.4 Å². The van der Waals surface area contributed by atoms with E-state index in [1.165, 1.54) is 0 Å². The molecule has 6 heteroatoms. The molecule has 128 valence electrons. The van der Waals surface area contributed by atoms with Crippen LogP contribution in [-0.2, 0) is 14.2 Å². The molecule has 0 aliphatic heterocycles. The summed E-state index contributed by atoms with van der Waals surface area (Å²) in [6.45, 7) is 11.2. The summed E-state index contributed by atoms with van der Waals surface area (Å²) in [5, 5.41) is 0. The number of rotatable bonds is 13. The van der Waals surface area contributed by atoms with E-state index in [0.29, 0.717) is 39.5 Å². The van der Waals surface area contributed by atoms with Crippen molar-refractivity contribution in [3.63, 3.8) is 0 Å². The Hall–Kier alpha value is -0.240. The molecule has 6 nitrogen and oxygen atoms in total. The lowest BCUT2D eigenvalue weighted by atomic mass is 9.87. The number of nitrogens with two attached hydrogens (primary N) is 3. The zero-order valence-electron chi connectivity index (χ0n) is 14.1. The fraction of sp³-hybridized carbons (Fsp3) is 1.00. The van der Waals surface area contributed by atoms with E-state index in [1.807, 2.05) is 20.8 Å². The molecule has 21 heavy (non-hydrogen) atoms. The average Bonchev–Trinajstić information content (AvgIpc) is 2.53. The van der Waals surface area contributed by atoms with Crippen molar-refractivity contribution in [1.82, 2.24) is 0 Å². The molecule has 6 N–H and O–H groups in total. The molecule has 0 heterocycles. The average molecular weight is 305 g/mol. The van der Waals surface area contributed by atoms with E-state index in [0.717, 1.165) is 6.42 Å². The van der Waals surface area contributed by atoms with Crippen molar-refractivity contribution in [2.75, 3.05) is 39.5 Å². The molecule has 0 spiro atoms. The van der Waals surface area contributed by atoms with Crippen LogP contribution in [0.5, 0.6) is 0 Å². The molecule has 3 atom stereocenters. The molecule has 3 unspecified atom stereocenters. The standard InChI is InChI=1S/C15H35N3O3/c1-5-15(9-19-12(2)6-16,10-20-13(3)7-17)11-21-14(4)8-18/h12-14H,5-11,16-18H2,1-4H3. The largest absolute Gasteiger partial charge is 0.376 e. The Labute approximate surface area is 129 Å². The van der Waals surface area contributed by atoms with Gasteiger partial charge in [-0.05, 0) is 27.2 Å². The first-order valence-corrected chi connectivity index (χ1v) is 7.88. The summed E-state index contributed by atoms with van der Waals surface area (Å²) < 4.78 is 17.5. The van der Waals surface area contributed by atoms with Gasteiger partial charge in [0.1, 0.15) is 0 Å². The summed E-state index contributed by atoms with van der Waals surface area (Å²) in [5.41, 5.74) is 16.6. The molecule has 0 aromatic rings. The predicted octanol–water partition coefficient (Wildman–Crippen LogP) is 0.474. The predicted molar refractivity (Wildman–Crippen MR) is 86.1 cm³/mol. The van der Waals surface area contributed by atoms with Gasteiger partial charge in [0, 0.05) is 25.0 Å². The maximum absolute atomic E-state index is 5.83. The lowest BCUT2D eigenvalue weighted by Gasteiger charge is -2.35. The summed E-state index contributed by atoms with van der Waals surface area (Å²) in [4.78, 5) is 0. The number of hydrogen-bond acceptors (Lipinski definition) is 6. The molecule has 0 aliphatic rings. The van der Waals surface area contributed by atoms with Gasteiger partial charge in [0.05, 0.1) is 38.1 Å². The zero-order valence-corrected chi connectivity index (χ0v) is 14.1. The van der Waals surface area contributed by atoms with Crippen LogP contribution in [0.3, 0.4) is 0 Å². The second-order valence-corrected chi connectivity index (χ2v) is 5.93. The van der Waals surface area contributed by atoms with E-state index < -0.39 is 0 Å². The second-order valence-electron chi connectivity index (χ2n) is 5.93. The smallest absolute Gasteiger partial charge is 0.0669 e. The van der Waals surface area contributed by atoms with E-state index in [4.69, 9.17) is 31.4 Å². The molecule has 0 amide bonds. The number of hydrogen-bond donors (Lipinski definition) is 3. The maximum atomic E-state index is 5.83. The Bertz CT molecular complexity index is 218. The van der Waals surface area contributed by atoms with E-state index in [-0.39, 0.29) is 23.7 Å². The van der Waals surface area contributed by atoms with Crippen molar-refractivity contribution >= 4 is 0 Å². The highest BCUT2D eigenvalue weighted by Crippen LogP contribution is 2.25. The lowest BCUT2D eigenvalue weighted by Crippen LogP contribution is -2.41. The zero-order chi connectivity index (χ0) is 16.3. The van der Waals surface area contributed by atoms with Crippen molar-refractivity contribution < 1.29 is 14.2 Å². The summed E-state index contributed by atoms with van der Waals surface area (Å²) in [5.74, 6) is 0. The third kappa shape index (κ3) is 8.70. The van der Waals surface area contributed by atoms with Gasteiger partial charge in [0.25, 0.3) is 0 Å². The third-order valence-corrected chi connectivity index (χ3v) is 3.77. The van der Waals surface area contributed by atoms with Crippen LogP contribution >= 0.6 is 0 Å². The normalized spacial score (nSPS) is 19.0. The van der Waals surface area contributed by atoms with Gasteiger partial charge in [0.2, 0.25) is 0 Å². The highest BCUT2D eigenvalue weighted by molar-refractivity contribution is 4.79. The van der Waals surface area contributed by atoms with Crippen molar-refractivity contribution in [2.24, 2.45) is 22.6 Å². The minimum Gasteiger partial charge on any atom is -0.376 e. The molecule has 0 rings (SSSR count). The van der Waals surface area contributed by atoms with E-state index in [2.05, 4.69) is 6.92 Å². The fourth-order valence-electron chi connectivity index (χ4n) is 1.59. The Morgan fingerprint density at radius 2 is 1.00 bits per heavy atom. The van der Waals surface area contributed by atoms with Crippen LogP contribution in [0.4, 0.5) is 0 Å². The molecule has 0 aliphatic carbocycles. The van der Waals surface area contributed by atoms with Gasteiger partial charge in [-0.25, -0.2) is 0 Å². The van der Waals surface area contributed by atoms with Crippen molar-refractivity contribution in [3.8, 4) is 0 Å². The van der Waals surface area contributed by atoms with Crippen LogP contribution in [-0.4, -0.2) is 57.8 Å². The Kier molecular flexibility index (Phi) is 11.2. The summed E-state index contributed by atoms with van der Waals surface area (Å²) in [6.07, 6.45) is 0.957. The van der Waals surface area contributed by atoms with E-state index in [1.54, 1.807) is 0 Å². The van der Waals surface area contributed by atoms with Gasteiger partial charge in [-0.3, -0.25) is 0 Å². The van der Waals surface area contributed by atoms with Crippen LogP contribution in [0.15, 0.2) is 0 Å². The Balaban J connectivity index is 4.65. The first-order valence-electron chi connectivity index (χ1n) is 7.88. The summed E-state index contributed by atoms with van der Waals surface area (Å²) in [7, 11) is 0. The van der Waals surface area contributed by atoms with Gasteiger partial charge in [0.15, 0.2) is 0 Å². The van der Waals surface area contributed by atoms with Crippen LogP contribution in [0.25, 0.3) is 0 Å². The molecule has 0 fully saturated rings. The highest BCUT2D eigenvalue weighted by Gasteiger charge is 2.31. The van der Waals surface area contributed by atoms with Gasteiger partial charge in [-0.1, -0.05) is 6.92 Å². The molecule has 0 saturated carbocycles. The molecule has 0 radical (unpaired) electrons. The van der Waals surface area contributed by atoms with Crippen LogP contribution < -0.4 is 17.2 Å². The topological polar surface area (TPSA) is 106 Å². The molecular weight excluding hydrogens is 270 g/mol. The quantitative estimate of drug-likeness (QED) is 0.457. The SMILES string of the molecule is CCC(COC(C)CN)(COC(C)CN)COC(C)CN. The summed E-state index contributed by atoms with van der Waals surface area (Å²) >= 11 is 0. The van der Waals surface area contributed by atoms with Crippen molar-refractivity contribution in [2.45, 2.75) is 52.4 Å². The van der Waals surface area contributed by atoms with Gasteiger partial charge in [-0.15, -0.1) is 0 Å². The van der Waals surface area contributed by atoms with Gasteiger partial charge >= 0.3 is 0 Å². The second kappa shape index (κ2) is 11.3. The van der Waals surface area contributed by atoms with Crippen molar-refractivity contribution in [3.05, 3.63) is 0 Å². The number of ether oxygens (including phenoxy) is 3. The maximum Gasteiger partial charge on any atom is 0.0669 e. The fourth-order valence-corrected chi connectivity index (χ4v) is 1.59. The van der Waals surface area contributed by atoms with Crippen LogP contribution in [0, 0.1) is 5.41 Å². The molecular formula is C15H35N3O3. The Morgan fingerprint density at radius 3 is 1.19 bits per heavy atom. The third-order valence-electron chi connectivity index (χ3n) is 3.77. The van der Waals surface area contributed by atoms with E-state index in [9.17, 15) is 0 Å². The molecule has 0 aromatic carbocycles. The monoisotopic (exact) mass is 305 g/mol. The first kappa shape index (κ1) is 20.8. The highest BCUT2D eigenvalue weighted by atomic mass is 16.5.